The van der Waals surface area contributed by atoms with Crippen molar-refractivity contribution in [2.45, 2.75) is 12.3 Å². The van der Waals surface area contributed by atoms with Crippen LogP contribution in [0.3, 0.4) is 0 Å². The van der Waals surface area contributed by atoms with Gasteiger partial charge in [0, 0.05) is 12.5 Å². The molecule has 100 valence electrons. The number of ketones is 1. The van der Waals surface area contributed by atoms with Gasteiger partial charge in [0.25, 0.3) is 0 Å². The summed E-state index contributed by atoms with van der Waals surface area (Å²) >= 11 is 0.840. The molecule has 0 N–H and O–H groups in total. The largest absolute Gasteiger partial charge is 0.324 e. The number of hydrogen-bond donors (Lipinski definition) is 0. The second-order valence-electron chi connectivity index (χ2n) is 4.08. The highest BCUT2D eigenvalue weighted by Gasteiger charge is 2.24. The molecule has 0 fully saturated rings. The van der Waals surface area contributed by atoms with Gasteiger partial charge in [-0.05, 0) is 11.6 Å². The van der Waals surface area contributed by atoms with Crippen LogP contribution < -0.4 is 0 Å². The Bertz CT molecular complexity index is 673. The number of carbonyl (C=O) groups is 1. The van der Waals surface area contributed by atoms with Gasteiger partial charge in [0.05, 0.1) is 21.8 Å². The van der Waals surface area contributed by atoms with E-state index in [-0.39, 0.29) is 17.2 Å². The molecule has 0 spiro atoms. The van der Waals surface area contributed by atoms with Gasteiger partial charge < -0.3 is 0 Å². The van der Waals surface area contributed by atoms with E-state index in [1.165, 1.54) is 12.1 Å². The Balaban J connectivity index is 2.32. The molecule has 0 amide bonds. The highest BCUT2D eigenvalue weighted by molar-refractivity contribution is 7.17. The predicted octanol–water partition coefficient (Wildman–Crippen LogP) is 3.54. The molecule has 0 radical (unpaired) electrons. The Morgan fingerprint density at radius 3 is 2.55 bits per heavy atom. The molecule has 6 heteroatoms. The first-order valence-electron chi connectivity index (χ1n) is 5.84. The number of thiophene rings is 1. The van der Waals surface area contributed by atoms with Gasteiger partial charge in [-0.1, -0.05) is 41.7 Å². The predicted molar refractivity (Wildman–Crippen MR) is 74.7 cm³/mol. The first kappa shape index (κ1) is 13.9. The molecule has 0 saturated heterocycles. The fraction of sp³-hybridized carbons (Fsp3) is 0.143. The van der Waals surface area contributed by atoms with Crippen molar-refractivity contribution < 1.29 is 9.72 Å². The highest BCUT2D eigenvalue weighted by atomic mass is 32.1. The molecule has 2 aromatic rings. The number of nitriles is 1. The maximum absolute atomic E-state index is 12.4. The molecule has 0 bridgehead atoms. The third-order valence-electron chi connectivity index (χ3n) is 2.83. The fourth-order valence-corrected chi connectivity index (χ4v) is 2.68. The van der Waals surface area contributed by atoms with Crippen LogP contribution >= 0.6 is 11.3 Å². The maximum atomic E-state index is 12.4. The zero-order chi connectivity index (χ0) is 14.5. The average molecular weight is 286 g/mol. The molecule has 1 heterocycles. The van der Waals surface area contributed by atoms with Crippen LogP contribution in [0.2, 0.25) is 0 Å². The van der Waals surface area contributed by atoms with Crippen LogP contribution in [0, 0.1) is 21.4 Å². The Kier molecular flexibility index (Phi) is 4.23. The second kappa shape index (κ2) is 6.08. The van der Waals surface area contributed by atoms with E-state index in [0.717, 1.165) is 16.9 Å². The zero-order valence-electron chi connectivity index (χ0n) is 10.4. The molecule has 1 unspecified atom stereocenters. The lowest BCUT2D eigenvalue weighted by Crippen LogP contribution is -2.11. The zero-order valence-corrected chi connectivity index (χ0v) is 11.2. The molecule has 20 heavy (non-hydrogen) atoms. The van der Waals surface area contributed by atoms with Crippen LogP contribution in [0.15, 0.2) is 42.5 Å². The van der Waals surface area contributed by atoms with Crippen molar-refractivity contribution in [3.8, 4) is 6.07 Å². The molecule has 0 aliphatic heterocycles. The molecule has 0 saturated carbocycles. The first-order chi connectivity index (χ1) is 9.63. The van der Waals surface area contributed by atoms with E-state index in [0.29, 0.717) is 4.88 Å². The molecular formula is C14H10N2O3S. The molecule has 1 aromatic carbocycles. The van der Waals surface area contributed by atoms with Crippen molar-refractivity contribution in [2.75, 3.05) is 0 Å². The SMILES string of the molecule is N#CCC(C(=O)c1ccc([N+](=O)[O-])s1)c1ccccc1. The van der Waals surface area contributed by atoms with Crippen molar-refractivity contribution in [3.05, 3.63) is 63.0 Å². The van der Waals surface area contributed by atoms with Crippen LogP contribution in [-0.2, 0) is 0 Å². The fourth-order valence-electron chi connectivity index (χ4n) is 1.87. The quantitative estimate of drug-likeness (QED) is 0.478. The van der Waals surface area contributed by atoms with Crippen molar-refractivity contribution in [1.82, 2.24) is 0 Å². The summed E-state index contributed by atoms with van der Waals surface area (Å²) in [7, 11) is 0. The third-order valence-corrected chi connectivity index (χ3v) is 3.88. The monoisotopic (exact) mass is 286 g/mol. The smallest absolute Gasteiger partial charge is 0.293 e. The first-order valence-corrected chi connectivity index (χ1v) is 6.65. The molecule has 1 aromatic heterocycles. The van der Waals surface area contributed by atoms with Gasteiger partial charge >= 0.3 is 5.00 Å². The van der Waals surface area contributed by atoms with Gasteiger partial charge in [-0.2, -0.15) is 5.26 Å². The highest BCUT2D eigenvalue weighted by Crippen LogP contribution is 2.30. The molecule has 1 atom stereocenters. The van der Waals surface area contributed by atoms with Gasteiger partial charge in [0.15, 0.2) is 5.78 Å². The Hall–Kier alpha value is -2.52. The van der Waals surface area contributed by atoms with E-state index in [2.05, 4.69) is 0 Å². The normalized spacial score (nSPS) is 11.6. The topological polar surface area (TPSA) is 84.0 Å². The van der Waals surface area contributed by atoms with Crippen molar-refractivity contribution in [3.63, 3.8) is 0 Å². The lowest BCUT2D eigenvalue weighted by molar-refractivity contribution is -0.380. The summed E-state index contributed by atoms with van der Waals surface area (Å²) in [6, 6.07) is 13.7. The number of rotatable bonds is 5. The van der Waals surface area contributed by atoms with Gasteiger partial charge in [-0.25, -0.2) is 0 Å². The number of nitro groups is 1. The molecule has 5 nitrogen and oxygen atoms in total. The summed E-state index contributed by atoms with van der Waals surface area (Å²) in [6.45, 7) is 0. The van der Waals surface area contributed by atoms with Crippen LogP contribution in [0.4, 0.5) is 5.00 Å². The molecule has 0 aliphatic carbocycles. The number of nitrogens with zero attached hydrogens (tertiary/aromatic N) is 2. The van der Waals surface area contributed by atoms with Crippen LogP contribution in [0.25, 0.3) is 0 Å². The summed E-state index contributed by atoms with van der Waals surface area (Å²) in [5, 5.41) is 19.5. The van der Waals surface area contributed by atoms with Gasteiger partial charge in [0.1, 0.15) is 0 Å². The van der Waals surface area contributed by atoms with Crippen LogP contribution in [-0.4, -0.2) is 10.7 Å². The van der Waals surface area contributed by atoms with E-state index >= 15 is 0 Å². The number of carbonyl (C=O) groups excluding carboxylic acids is 1. The Morgan fingerprint density at radius 1 is 1.30 bits per heavy atom. The number of benzene rings is 1. The molecule has 0 aliphatic rings. The average Bonchev–Trinajstić information content (AvgIpc) is 2.95. The minimum atomic E-state index is -0.584. The van der Waals surface area contributed by atoms with Crippen molar-refractivity contribution >= 4 is 22.1 Å². The third kappa shape index (κ3) is 2.90. The summed E-state index contributed by atoms with van der Waals surface area (Å²) < 4.78 is 0. The number of hydrogen-bond acceptors (Lipinski definition) is 5. The van der Waals surface area contributed by atoms with E-state index in [4.69, 9.17) is 5.26 Å². The lowest BCUT2D eigenvalue weighted by Gasteiger charge is -2.11. The van der Waals surface area contributed by atoms with Crippen molar-refractivity contribution in [1.29, 1.82) is 5.26 Å². The number of Topliss-reactive ketones (excluding diaryl/α,β-unsaturated/α-hetero) is 1. The van der Waals surface area contributed by atoms with Crippen LogP contribution in [0.1, 0.15) is 27.6 Å². The van der Waals surface area contributed by atoms with Gasteiger partial charge in [-0.15, -0.1) is 0 Å². The van der Waals surface area contributed by atoms with E-state index < -0.39 is 10.8 Å². The van der Waals surface area contributed by atoms with Gasteiger partial charge in [0.2, 0.25) is 0 Å². The minimum Gasteiger partial charge on any atom is -0.293 e. The lowest BCUT2D eigenvalue weighted by atomic mass is 9.91. The summed E-state index contributed by atoms with van der Waals surface area (Å²) in [5.41, 5.74) is 0.745. The summed E-state index contributed by atoms with van der Waals surface area (Å²) in [5.74, 6) is -0.838. The van der Waals surface area contributed by atoms with E-state index in [1.54, 1.807) is 24.3 Å². The molecular weight excluding hydrogens is 276 g/mol. The minimum absolute atomic E-state index is 0.0501. The van der Waals surface area contributed by atoms with E-state index in [1.807, 2.05) is 12.1 Å². The summed E-state index contributed by atoms with van der Waals surface area (Å²) in [6.07, 6.45) is 0.0501. The van der Waals surface area contributed by atoms with Crippen LogP contribution in [0.5, 0.6) is 0 Å². The Labute approximate surface area is 119 Å². The van der Waals surface area contributed by atoms with E-state index in [9.17, 15) is 14.9 Å². The Morgan fingerprint density at radius 2 is 2.00 bits per heavy atom. The maximum Gasteiger partial charge on any atom is 0.324 e. The standard InChI is InChI=1S/C14H10N2O3S/c15-9-8-11(10-4-2-1-3-5-10)14(17)12-6-7-13(20-12)16(18)19/h1-7,11H,8H2. The second-order valence-corrected chi connectivity index (χ2v) is 5.15. The van der Waals surface area contributed by atoms with Crippen molar-refractivity contribution in [2.24, 2.45) is 0 Å². The molecule has 2 rings (SSSR count). The summed E-state index contributed by atoms with van der Waals surface area (Å²) in [4.78, 5) is 22.8. The van der Waals surface area contributed by atoms with Gasteiger partial charge in [-0.3, -0.25) is 14.9 Å².